The first-order chi connectivity index (χ1) is 41.4. The Hall–Kier alpha value is -9.40. The smallest absolute Gasteiger partial charge is 0.0761 e. The molecular formula is C84H60Si. The molecule has 0 N–H and O–H groups in total. The Kier molecular flexibility index (Phi) is 9.31. The molecular weight excluding hydrogens is 1040 g/mol. The van der Waals surface area contributed by atoms with Crippen LogP contribution in [0.3, 0.4) is 0 Å². The largest absolute Gasteiger partial charge is 0.109 e. The number of rotatable bonds is 4. The van der Waals surface area contributed by atoms with Gasteiger partial charge in [-0.25, -0.2) is 0 Å². The normalized spacial score (nSPS) is 16.8. The van der Waals surface area contributed by atoms with Gasteiger partial charge in [-0.1, -0.05) is 264 Å². The van der Waals surface area contributed by atoms with E-state index in [-0.39, 0.29) is 10.8 Å². The summed E-state index contributed by atoms with van der Waals surface area (Å²) in [4.78, 5) is 0. The molecule has 1 heteroatoms. The zero-order valence-corrected chi connectivity index (χ0v) is 49.8. The lowest BCUT2D eigenvalue weighted by Gasteiger charge is -2.29. The third kappa shape index (κ3) is 6.16. The van der Waals surface area contributed by atoms with E-state index in [0.717, 1.165) is 6.42 Å². The molecule has 13 aromatic carbocycles. The number of fused-ring (bicyclic) bond motifs is 16. The topological polar surface area (TPSA) is 0 Å². The quantitative estimate of drug-likeness (QED) is 0.122. The van der Waals surface area contributed by atoms with Gasteiger partial charge >= 0.3 is 0 Å². The van der Waals surface area contributed by atoms with Crippen molar-refractivity contribution >= 4 is 61.9 Å². The fourth-order valence-corrected chi connectivity index (χ4v) is 20.9. The minimum absolute atomic E-state index is 0.0449. The number of allylic oxidation sites excluding steroid dienone is 4. The molecule has 85 heavy (non-hydrogen) atoms. The standard InChI is InChI=1S/C84H60Si/c1-83(2)73-27-13-11-21-55(73)57-33-29-48(42-75(57)83)47-32-36-68-70(41-47)82(67-40-38-65-54-20-10-8-18-52(54)61-24-16-26-63(67)80(61)65)72-46-78-69(45-71(72)81(68)66-39-37-64-53-19-9-7-17-51(53)60-23-15-25-62(66)79(60)64)59-35-31-50(44-77(59)85(78,5)6)49-30-34-58-56-22-12-14-28-74(56)84(3,4)76(58)43-49/h7-43,45-46,50H,44H2,1-6H3. The highest BCUT2D eigenvalue weighted by Gasteiger charge is 2.43. The van der Waals surface area contributed by atoms with Crippen molar-refractivity contribution < 1.29 is 0 Å². The van der Waals surface area contributed by atoms with Crippen LogP contribution in [0.1, 0.15) is 73.4 Å². The van der Waals surface area contributed by atoms with Crippen molar-refractivity contribution in [3.8, 4) is 100 Å². The van der Waals surface area contributed by atoms with Crippen LogP contribution in [0.4, 0.5) is 0 Å². The van der Waals surface area contributed by atoms with Crippen molar-refractivity contribution in [2.75, 3.05) is 0 Å². The molecule has 0 nitrogen and oxygen atoms in total. The number of benzene rings is 13. The van der Waals surface area contributed by atoms with Crippen LogP contribution in [0, 0.1) is 0 Å². The maximum atomic E-state index is 2.74. The van der Waals surface area contributed by atoms with Gasteiger partial charge in [-0.2, -0.15) is 0 Å². The van der Waals surface area contributed by atoms with Gasteiger partial charge < -0.3 is 0 Å². The van der Waals surface area contributed by atoms with Crippen LogP contribution in [0.25, 0.3) is 149 Å². The molecule has 19 rings (SSSR count). The van der Waals surface area contributed by atoms with E-state index >= 15 is 0 Å². The molecule has 0 aromatic heterocycles. The van der Waals surface area contributed by atoms with Gasteiger partial charge in [0.05, 0.1) is 0 Å². The maximum absolute atomic E-state index is 2.74. The summed E-state index contributed by atoms with van der Waals surface area (Å²) in [6, 6.07) is 87.8. The van der Waals surface area contributed by atoms with E-state index in [9.17, 15) is 0 Å². The molecule has 400 valence electrons. The highest BCUT2D eigenvalue weighted by atomic mass is 28.3. The van der Waals surface area contributed by atoms with Crippen molar-refractivity contribution in [3.05, 3.63) is 275 Å². The zero-order chi connectivity index (χ0) is 56.6. The Balaban J connectivity index is 0.884. The summed E-state index contributed by atoms with van der Waals surface area (Å²) in [6.45, 7) is 14.9. The van der Waals surface area contributed by atoms with Crippen molar-refractivity contribution in [1.82, 2.24) is 0 Å². The Morgan fingerprint density at radius 3 is 1.36 bits per heavy atom. The summed E-state index contributed by atoms with van der Waals surface area (Å²) in [5.74, 6) is 0.306. The van der Waals surface area contributed by atoms with E-state index in [1.165, 1.54) is 182 Å². The average Bonchev–Trinajstić information content (AvgIpc) is 1.95. The molecule has 0 radical (unpaired) electrons. The molecule has 0 saturated carbocycles. The van der Waals surface area contributed by atoms with E-state index in [0.29, 0.717) is 5.92 Å². The summed E-state index contributed by atoms with van der Waals surface area (Å²) < 4.78 is 0. The van der Waals surface area contributed by atoms with Crippen LogP contribution in [0.5, 0.6) is 0 Å². The third-order valence-electron chi connectivity index (χ3n) is 21.8. The van der Waals surface area contributed by atoms with Gasteiger partial charge in [0, 0.05) is 16.7 Å². The first kappa shape index (κ1) is 48.0. The summed E-state index contributed by atoms with van der Waals surface area (Å²) >= 11 is 0. The predicted molar refractivity (Wildman–Crippen MR) is 364 cm³/mol. The van der Waals surface area contributed by atoms with Gasteiger partial charge in [0.1, 0.15) is 8.07 Å². The van der Waals surface area contributed by atoms with Gasteiger partial charge in [-0.15, -0.1) is 0 Å². The maximum Gasteiger partial charge on any atom is 0.109 e. The van der Waals surface area contributed by atoms with Crippen molar-refractivity contribution in [2.24, 2.45) is 0 Å². The summed E-state index contributed by atoms with van der Waals surface area (Å²) in [6.07, 6.45) is 6.14. The SMILES string of the molecule is CC1(C)c2ccccc2-c2ccc(-c3ccc4c(-c5ccc6c7c(cccc57)-c5ccccc5-6)c5cc6c(cc5c(-c5ccc7c8c(cccc58)-c5ccccc5-7)c4c3)[Si](C)(C)C3=C6C=CC(c4ccc5c(c4)C(C)(C)c4ccccc4-5)C3)cc21. The van der Waals surface area contributed by atoms with E-state index in [2.05, 4.69) is 277 Å². The van der Waals surface area contributed by atoms with Gasteiger partial charge in [0.15, 0.2) is 0 Å². The monoisotopic (exact) mass is 1100 g/mol. The molecule has 0 bridgehead atoms. The van der Waals surface area contributed by atoms with Crippen LogP contribution in [-0.4, -0.2) is 8.07 Å². The Labute approximate surface area is 498 Å². The molecule has 0 spiro atoms. The van der Waals surface area contributed by atoms with E-state index in [1.54, 1.807) is 10.4 Å². The van der Waals surface area contributed by atoms with Crippen LogP contribution in [0.2, 0.25) is 13.1 Å². The molecule has 1 unspecified atom stereocenters. The van der Waals surface area contributed by atoms with Crippen molar-refractivity contribution in [2.45, 2.75) is 64.0 Å². The Bertz CT molecular complexity index is 5300. The van der Waals surface area contributed by atoms with E-state index in [1.807, 2.05) is 0 Å². The molecule has 0 amide bonds. The first-order valence-electron chi connectivity index (χ1n) is 30.7. The van der Waals surface area contributed by atoms with Crippen LogP contribution < -0.4 is 5.19 Å². The highest BCUT2D eigenvalue weighted by Crippen LogP contribution is 2.58. The average molecular weight is 1100 g/mol. The second-order valence-electron chi connectivity index (χ2n) is 26.9. The lowest BCUT2D eigenvalue weighted by Crippen LogP contribution is -2.42. The molecule has 1 heterocycles. The fourth-order valence-electron chi connectivity index (χ4n) is 17.6. The second-order valence-corrected chi connectivity index (χ2v) is 31.3. The molecule has 1 atom stereocenters. The Morgan fingerprint density at radius 2 is 0.765 bits per heavy atom. The Morgan fingerprint density at radius 1 is 0.329 bits per heavy atom. The molecule has 1 aliphatic heterocycles. The number of hydrogen-bond acceptors (Lipinski definition) is 0. The van der Waals surface area contributed by atoms with Crippen molar-refractivity contribution in [3.63, 3.8) is 0 Å². The molecule has 13 aromatic rings. The summed E-state index contributed by atoms with van der Waals surface area (Å²) in [5.41, 5.74) is 33.7. The first-order valence-corrected chi connectivity index (χ1v) is 33.7. The molecule has 6 aliphatic rings. The zero-order valence-electron chi connectivity index (χ0n) is 48.8. The van der Waals surface area contributed by atoms with Crippen LogP contribution in [-0.2, 0) is 10.8 Å². The molecule has 5 aliphatic carbocycles. The molecule has 0 saturated heterocycles. The summed E-state index contributed by atoms with van der Waals surface area (Å²) in [5, 5.41) is 13.8. The fraction of sp³-hybridized carbons (Fsp3) is 0.119. The van der Waals surface area contributed by atoms with Gasteiger partial charge in [-0.3, -0.25) is 0 Å². The summed E-state index contributed by atoms with van der Waals surface area (Å²) in [7, 11) is -2.28. The predicted octanol–water partition coefficient (Wildman–Crippen LogP) is 22.2. The van der Waals surface area contributed by atoms with Crippen LogP contribution in [0.15, 0.2) is 242 Å². The van der Waals surface area contributed by atoms with Crippen LogP contribution >= 0.6 is 0 Å². The minimum Gasteiger partial charge on any atom is -0.0761 e. The van der Waals surface area contributed by atoms with Gasteiger partial charge in [0.25, 0.3) is 0 Å². The van der Waals surface area contributed by atoms with Gasteiger partial charge in [-0.05, 0) is 212 Å². The van der Waals surface area contributed by atoms with Gasteiger partial charge in [0.2, 0.25) is 0 Å². The lowest BCUT2D eigenvalue weighted by atomic mass is 9.79. The van der Waals surface area contributed by atoms with Crippen molar-refractivity contribution in [1.29, 1.82) is 0 Å². The highest BCUT2D eigenvalue weighted by molar-refractivity contribution is 6.98. The third-order valence-corrected chi connectivity index (χ3v) is 25.5. The lowest BCUT2D eigenvalue weighted by molar-refractivity contribution is 0.658. The molecule has 0 fully saturated rings. The minimum atomic E-state index is -2.28. The number of hydrogen-bond donors (Lipinski definition) is 0. The van der Waals surface area contributed by atoms with E-state index < -0.39 is 8.07 Å². The van der Waals surface area contributed by atoms with E-state index in [4.69, 9.17) is 0 Å². The second kappa shape index (κ2) is 16.5.